The van der Waals surface area contributed by atoms with Crippen LogP contribution in [0.3, 0.4) is 0 Å². The summed E-state index contributed by atoms with van der Waals surface area (Å²) in [6.07, 6.45) is 53.5. The molecule has 0 spiro atoms. The fourth-order valence-electron chi connectivity index (χ4n) is 11.8. The molecule has 0 amide bonds. The molecule has 93 heavy (non-hydrogen) atoms. The van der Waals surface area contributed by atoms with Crippen molar-refractivity contribution in [2.45, 2.75) is 322 Å². The average molecular weight is 1340 g/mol. The van der Waals surface area contributed by atoms with E-state index in [0.29, 0.717) is 17.2 Å². The van der Waals surface area contributed by atoms with Crippen LogP contribution in [0.1, 0.15) is 305 Å². The number of benzene rings is 3. The van der Waals surface area contributed by atoms with Crippen LogP contribution >= 0.6 is 34.0 Å². The van der Waals surface area contributed by atoms with Gasteiger partial charge in [-0.15, -0.1) is 30.6 Å². The second-order valence-electron chi connectivity index (χ2n) is 25.9. The van der Waals surface area contributed by atoms with E-state index in [1.807, 2.05) is 72.8 Å². The summed E-state index contributed by atoms with van der Waals surface area (Å²) < 4.78 is 26.1. The molecular weight excluding hydrogens is 1220 g/mol. The number of hydrogen-bond acceptors (Lipinski definition) is 16. The molecule has 0 aliphatic heterocycles. The molecule has 0 fully saturated rings. The lowest BCUT2D eigenvalue weighted by Crippen LogP contribution is -2.48. The lowest BCUT2D eigenvalue weighted by molar-refractivity contribution is -0.257. The maximum absolute atomic E-state index is 13.1. The first kappa shape index (κ1) is 77.1. The summed E-state index contributed by atoms with van der Waals surface area (Å²) >= 11 is 4.90. The van der Waals surface area contributed by atoms with Crippen molar-refractivity contribution in [1.82, 2.24) is 30.6 Å². The molecule has 3 aromatic carbocycles. The number of carbonyl (C=O) groups excluding carboxylic acids is 1. The summed E-state index contributed by atoms with van der Waals surface area (Å²) in [6.45, 7) is 6.02. The van der Waals surface area contributed by atoms with Crippen LogP contribution in [0, 0.1) is 0 Å². The Labute approximate surface area is 572 Å². The Bertz CT molecular complexity index is 2520. The number of aromatic nitrogens is 6. The van der Waals surface area contributed by atoms with E-state index in [0.717, 1.165) is 85.3 Å². The topological polar surface area (TPSA) is 172 Å². The quantitative estimate of drug-likeness (QED) is 0.0210. The second-order valence-corrected chi connectivity index (χ2v) is 29.1. The first-order chi connectivity index (χ1) is 45.8. The molecule has 0 aliphatic rings. The van der Waals surface area contributed by atoms with Gasteiger partial charge < -0.3 is 29.2 Å². The van der Waals surface area contributed by atoms with E-state index in [1.165, 1.54) is 231 Å². The van der Waals surface area contributed by atoms with Crippen molar-refractivity contribution in [1.29, 1.82) is 0 Å². The summed E-state index contributed by atoms with van der Waals surface area (Å²) in [6, 6.07) is 23.2. The number of carbonyl (C=O) groups is 1. The number of aliphatic hydroxyl groups is 2. The van der Waals surface area contributed by atoms with Gasteiger partial charge in [-0.05, 0) is 98.5 Å². The van der Waals surface area contributed by atoms with Gasteiger partial charge in [-0.3, -0.25) is 4.79 Å². The monoisotopic (exact) mass is 1330 g/mol. The Balaban J connectivity index is 1.10. The van der Waals surface area contributed by atoms with Crippen LogP contribution in [-0.4, -0.2) is 72.1 Å². The summed E-state index contributed by atoms with van der Waals surface area (Å²) in [5.41, 5.74) is 2.78. The molecule has 3 aromatic heterocycles. The minimum Gasteiger partial charge on any atom is -0.463 e. The number of nitrogens with zero attached hydrogens (tertiary/aromatic N) is 6. The third kappa shape index (κ3) is 33.1. The van der Waals surface area contributed by atoms with Crippen molar-refractivity contribution < 1.29 is 34.0 Å². The van der Waals surface area contributed by atoms with E-state index >= 15 is 0 Å². The van der Waals surface area contributed by atoms with E-state index in [2.05, 4.69) is 51.4 Å². The predicted molar refractivity (Wildman–Crippen MR) is 387 cm³/mol. The van der Waals surface area contributed by atoms with Gasteiger partial charge >= 0.3 is 11.9 Å². The number of unbranched alkanes of at least 4 members (excludes halogenated alkanes) is 36. The van der Waals surface area contributed by atoms with Crippen LogP contribution in [-0.2, 0) is 28.8 Å². The fraction of sp³-hybridized carbons (Fsp3) is 0.675. The van der Waals surface area contributed by atoms with E-state index < -0.39 is 24.7 Å². The molecule has 0 radical (unpaired) electrons. The summed E-state index contributed by atoms with van der Waals surface area (Å²) in [5.74, 6) is -0.894. The third-order valence-electron chi connectivity index (χ3n) is 17.5. The normalized spacial score (nSPS) is 12.0. The largest absolute Gasteiger partial charge is 0.463 e. The van der Waals surface area contributed by atoms with Gasteiger partial charge in [0, 0.05) is 42.4 Å². The Morgan fingerprint density at radius 1 is 0.376 bits per heavy atom. The molecule has 2 N–H and O–H groups in total. The van der Waals surface area contributed by atoms with E-state index in [9.17, 15) is 15.0 Å². The standard InChI is InChI=1S/C77H118N6O7S3/c1-4-7-10-13-16-19-22-25-28-31-34-37-40-44-70-78-81-74(91-70)63-48-54-67(55-49-63)88-77(60-43-47-73(86)87-62-66(85)61-84,89-68-56-50-64(51-57-68)75-82-79-71(92-75)45-41-38-35-32-29-26-23-20-17-14-11-8-5-2)90-69-58-52-65(53-59-69)76-83-80-72(93-76)46-42-39-36-33-30-27-24-21-18-15-12-9-6-3/h48-59,66,84-85H,4-47,60-62H2,1-3H3. The van der Waals surface area contributed by atoms with Gasteiger partial charge in [0.25, 0.3) is 0 Å². The molecule has 16 heteroatoms. The molecule has 0 saturated heterocycles. The van der Waals surface area contributed by atoms with Crippen LogP contribution < -0.4 is 14.2 Å². The Morgan fingerprint density at radius 2 is 0.634 bits per heavy atom. The second kappa shape index (κ2) is 48.8. The molecule has 1 unspecified atom stereocenters. The molecule has 0 saturated carbocycles. The molecular formula is C77H118N6O7S3. The number of aryl methyl sites for hydroxylation is 3. The third-order valence-corrected chi connectivity index (χ3v) is 20.6. The molecule has 0 bridgehead atoms. The maximum atomic E-state index is 13.1. The minimum atomic E-state index is -1.80. The van der Waals surface area contributed by atoms with Gasteiger partial charge in [-0.2, -0.15) is 0 Å². The van der Waals surface area contributed by atoms with Crippen LogP contribution in [0.5, 0.6) is 17.2 Å². The fourth-order valence-corrected chi connectivity index (χ4v) is 14.5. The summed E-state index contributed by atoms with van der Waals surface area (Å²) in [7, 11) is 0. The first-order valence-electron chi connectivity index (χ1n) is 37.1. The number of rotatable bonds is 58. The molecule has 13 nitrogen and oxygen atoms in total. The van der Waals surface area contributed by atoms with Gasteiger partial charge in [0.15, 0.2) is 0 Å². The van der Waals surface area contributed by atoms with E-state index in [4.69, 9.17) is 18.9 Å². The molecule has 3 heterocycles. The Hall–Kier alpha value is -4.87. The Morgan fingerprint density at radius 3 is 0.892 bits per heavy atom. The molecule has 6 aromatic rings. The molecule has 1 atom stereocenters. The number of ether oxygens (including phenoxy) is 4. The van der Waals surface area contributed by atoms with Crippen molar-refractivity contribution in [3.05, 3.63) is 87.8 Å². The first-order valence-corrected chi connectivity index (χ1v) is 39.5. The van der Waals surface area contributed by atoms with E-state index in [-0.39, 0.29) is 25.9 Å². The van der Waals surface area contributed by atoms with Crippen molar-refractivity contribution >= 4 is 40.0 Å². The smallest absolute Gasteiger partial charge is 0.417 e. The number of aliphatic hydroxyl groups excluding tert-OH is 2. The van der Waals surface area contributed by atoms with E-state index in [1.54, 1.807) is 34.0 Å². The van der Waals surface area contributed by atoms with Gasteiger partial charge in [-0.25, -0.2) is 0 Å². The zero-order chi connectivity index (χ0) is 65.5. The SMILES string of the molecule is CCCCCCCCCCCCCCCc1nnc(-c2ccc(OC(CCCC(=O)OCC(O)CO)(Oc3ccc(-c4nnc(CCCCCCCCCCCCCCC)s4)cc3)Oc3ccc(-c4nnc(CCCCCCCCCCCCCCC)s4)cc3)cc2)s1. The highest BCUT2D eigenvalue weighted by molar-refractivity contribution is 7.15. The van der Waals surface area contributed by atoms with Gasteiger partial charge in [0.2, 0.25) is 0 Å². The van der Waals surface area contributed by atoms with Crippen LogP contribution in [0.2, 0.25) is 0 Å². The molecule has 516 valence electrons. The number of esters is 1. The predicted octanol–water partition coefficient (Wildman–Crippen LogP) is 22.4. The van der Waals surface area contributed by atoms with Crippen LogP contribution in [0.15, 0.2) is 72.8 Å². The molecule has 6 rings (SSSR count). The summed E-state index contributed by atoms with van der Waals surface area (Å²) in [5, 5.41) is 52.5. The average Bonchev–Trinajstić information content (AvgIpc) is 1.83. The van der Waals surface area contributed by atoms with Crippen molar-refractivity contribution in [3.8, 4) is 49.0 Å². The van der Waals surface area contributed by atoms with Gasteiger partial charge in [0.05, 0.1) is 13.0 Å². The van der Waals surface area contributed by atoms with Crippen LogP contribution in [0.4, 0.5) is 0 Å². The minimum absolute atomic E-state index is 0.0249. The van der Waals surface area contributed by atoms with Gasteiger partial charge in [-0.1, -0.05) is 286 Å². The number of hydrogen-bond donors (Lipinski definition) is 2. The summed E-state index contributed by atoms with van der Waals surface area (Å²) in [4.78, 5) is 13.1. The zero-order valence-electron chi connectivity index (χ0n) is 57.6. The highest BCUT2D eigenvalue weighted by atomic mass is 32.1. The highest BCUT2D eigenvalue weighted by Gasteiger charge is 2.39. The maximum Gasteiger partial charge on any atom is 0.417 e. The van der Waals surface area contributed by atoms with Gasteiger partial charge in [0.1, 0.15) is 60.0 Å². The lowest BCUT2D eigenvalue weighted by Gasteiger charge is -2.34. The highest BCUT2D eigenvalue weighted by Crippen LogP contribution is 2.36. The van der Waals surface area contributed by atoms with Crippen LogP contribution in [0.25, 0.3) is 31.7 Å². The zero-order valence-corrected chi connectivity index (χ0v) is 60.0. The van der Waals surface area contributed by atoms with Crippen molar-refractivity contribution in [2.75, 3.05) is 13.2 Å². The Kier molecular flexibility index (Phi) is 40.4. The molecule has 0 aliphatic carbocycles. The lowest BCUT2D eigenvalue weighted by atomic mass is 10.0. The van der Waals surface area contributed by atoms with Crippen molar-refractivity contribution in [2.24, 2.45) is 0 Å². The van der Waals surface area contributed by atoms with Crippen molar-refractivity contribution in [3.63, 3.8) is 0 Å².